The fourth-order valence-electron chi connectivity index (χ4n) is 3.41. The number of aromatic nitrogens is 2. The summed E-state index contributed by atoms with van der Waals surface area (Å²) < 4.78 is 83.3. The van der Waals surface area contributed by atoms with Gasteiger partial charge >= 0.3 is 0 Å². The SMILES string of the molecule is CC(C)(C)n1c(NC(=O)CC2CC(F)(F)C2(C)F)nc2cc(F)c(F)c(F)c21. The van der Waals surface area contributed by atoms with Crippen LogP contribution in [0, 0.1) is 23.4 Å². The lowest BCUT2D eigenvalue weighted by Crippen LogP contribution is -2.60. The first-order valence-corrected chi connectivity index (χ1v) is 8.60. The zero-order valence-corrected chi connectivity index (χ0v) is 15.6. The number of nitrogens with zero attached hydrogens (tertiary/aromatic N) is 2. The average molecular weight is 407 g/mol. The average Bonchev–Trinajstić information content (AvgIpc) is 2.90. The number of benzene rings is 1. The number of imidazole rings is 1. The van der Waals surface area contributed by atoms with Gasteiger partial charge in [0.05, 0.1) is 5.52 Å². The number of carbonyl (C=O) groups excluding carboxylic acids is 1. The standard InChI is InChI=1S/C18H19F6N3O/c1-16(2,3)27-14-10(6-9(19)12(20)13(14)21)25-15(27)26-11(28)5-8-7-18(23,24)17(8,4)22/h6,8H,5,7H2,1-4H3,(H,25,26,28). The molecule has 1 aliphatic rings. The van der Waals surface area contributed by atoms with Crippen molar-refractivity contribution in [2.24, 2.45) is 5.92 Å². The molecule has 1 aromatic heterocycles. The Morgan fingerprint density at radius 2 is 1.86 bits per heavy atom. The monoisotopic (exact) mass is 407 g/mol. The van der Waals surface area contributed by atoms with Gasteiger partial charge < -0.3 is 4.57 Å². The molecule has 0 saturated heterocycles. The van der Waals surface area contributed by atoms with Gasteiger partial charge in [0, 0.05) is 30.4 Å². The first-order valence-electron chi connectivity index (χ1n) is 8.60. The lowest BCUT2D eigenvalue weighted by molar-refractivity contribution is -0.242. The molecule has 0 radical (unpaired) electrons. The molecular formula is C18H19F6N3O. The van der Waals surface area contributed by atoms with Crippen LogP contribution in [0.3, 0.4) is 0 Å². The summed E-state index contributed by atoms with van der Waals surface area (Å²) in [6.07, 6.45) is -1.31. The smallest absolute Gasteiger partial charge is 0.281 e. The molecule has 2 aromatic rings. The third kappa shape index (κ3) is 3.02. The van der Waals surface area contributed by atoms with Crippen LogP contribution in [0.15, 0.2) is 6.07 Å². The van der Waals surface area contributed by atoms with Gasteiger partial charge in [-0.1, -0.05) is 0 Å². The molecule has 0 aliphatic heterocycles. The zero-order chi connectivity index (χ0) is 21.2. The van der Waals surface area contributed by atoms with Gasteiger partial charge in [-0.25, -0.2) is 31.3 Å². The van der Waals surface area contributed by atoms with Crippen LogP contribution in [0.1, 0.15) is 40.5 Å². The summed E-state index contributed by atoms with van der Waals surface area (Å²) in [5.74, 6) is -10.3. The van der Waals surface area contributed by atoms with Gasteiger partial charge in [-0.2, -0.15) is 0 Å². The van der Waals surface area contributed by atoms with Gasteiger partial charge in [-0.15, -0.1) is 0 Å². The summed E-state index contributed by atoms with van der Waals surface area (Å²) >= 11 is 0. The van der Waals surface area contributed by atoms with Crippen LogP contribution < -0.4 is 5.32 Å². The topological polar surface area (TPSA) is 46.9 Å². The number of carbonyl (C=O) groups is 1. The Morgan fingerprint density at radius 3 is 2.36 bits per heavy atom. The van der Waals surface area contributed by atoms with Gasteiger partial charge in [0.1, 0.15) is 5.52 Å². The predicted molar refractivity (Wildman–Crippen MR) is 90.4 cm³/mol. The lowest BCUT2D eigenvalue weighted by atomic mass is 9.67. The molecule has 1 aromatic carbocycles. The number of hydrogen-bond donors (Lipinski definition) is 1. The maximum atomic E-state index is 14.3. The van der Waals surface area contributed by atoms with Crippen molar-refractivity contribution in [2.45, 2.75) is 57.7 Å². The number of halogens is 6. The van der Waals surface area contributed by atoms with E-state index >= 15 is 0 Å². The number of nitrogens with one attached hydrogen (secondary N) is 1. The third-order valence-electron chi connectivity index (χ3n) is 5.12. The number of hydrogen-bond acceptors (Lipinski definition) is 2. The summed E-state index contributed by atoms with van der Waals surface area (Å²) in [6, 6.07) is 0.691. The first kappa shape index (κ1) is 20.5. The maximum Gasteiger partial charge on any atom is 0.281 e. The van der Waals surface area contributed by atoms with E-state index in [2.05, 4.69) is 10.3 Å². The Balaban J connectivity index is 1.95. The molecule has 4 nitrogen and oxygen atoms in total. The molecule has 2 unspecified atom stereocenters. The highest BCUT2D eigenvalue weighted by atomic mass is 19.3. The van der Waals surface area contributed by atoms with Crippen molar-refractivity contribution >= 4 is 22.9 Å². The fourth-order valence-corrected chi connectivity index (χ4v) is 3.41. The van der Waals surface area contributed by atoms with Crippen LogP contribution in [-0.4, -0.2) is 27.0 Å². The molecule has 154 valence electrons. The number of anilines is 1. The van der Waals surface area contributed by atoms with Crippen LogP contribution in [0.25, 0.3) is 11.0 Å². The van der Waals surface area contributed by atoms with Crippen molar-refractivity contribution in [1.82, 2.24) is 9.55 Å². The van der Waals surface area contributed by atoms with E-state index in [1.807, 2.05) is 0 Å². The molecule has 10 heteroatoms. The molecule has 1 saturated carbocycles. The van der Waals surface area contributed by atoms with Crippen LogP contribution in [0.2, 0.25) is 0 Å². The molecule has 2 atom stereocenters. The molecule has 0 spiro atoms. The molecule has 1 aliphatic carbocycles. The Kier molecular flexibility index (Phi) is 4.47. The van der Waals surface area contributed by atoms with Crippen LogP contribution >= 0.6 is 0 Å². The van der Waals surface area contributed by atoms with E-state index in [0.29, 0.717) is 6.07 Å². The predicted octanol–water partition coefficient (Wildman–Crippen LogP) is 4.92. The van der Waals surface area contributed by atoms with Crippen LogP contribution in [-0.2, 0) is 10.3 Å². The highest BCUT2D eigenvalue weighted by molar-refractivity contribution is 5.92. The van der Waals surface area contributed by atoms with Crippen molar-refractivity contribution in [3.63, 3.8) is 0 Å². The first-order chi connectivity index (χ1) is 12.7. The summed E-state index contributed by atoms with van der Waals surface area (Å²) in [4.78, 5) is 16.2. The molecule has 3 rings (SSSR count). The lowest BCUT2D eigenvalue weighted by Gasteiger charge is -2.47. The number of rotatable bonds is 3. The van der Waals surface area contributed by atoms with Crippen molar-refractivity contribution < 1.29 is 31.1 Å². The van der Waals surface area contributed by atoms with Gasteiger partial charge in [0.2, 0.25) is 11.9 Å². The van der Waals surface area contributed by atoms with Gasteiger partial charge in [0.15, 0.2) is 23.1 Å². The second-order valence-electron chi connectivity index (χ2n) is 8.23. The Morgan fingerprint density at radius 1 is 1.25 bits per heavy atom. The molecule has 1 heterocycles. The minimum absolute atomic E-state index is 0.219. The molecule has 1 amide bonds. The van der Waals surface area contributed by atoms with Crippen molar-refractivity contribution in [3.8, 4) is 0 Å². The summed E-state index contributed by atoms with van der Waals surface area (Å²) in [7, 11) is 0. The quantitative estimate of drug-likeness (QED) is 0.580. The normalized spacial score (nSPS) is 24.3. The highest BCUT2D eigenvalue weighted by Crippen LogP contribution is 2.55. The maximum absolute atomic E-state index is 14.3. The Hall–Kier alpha value is -2.26. The van der Waals surface area contributed by atoms with Crippen molar-refractivity contribution in [1.29, 1.82) is 0 Å². The largest absolute Gasteiger partial charge is 0.302 e. The number of alkyl halides is 3. The van der Waals surface area contributed by atoms with Crippen LogP contribution in [0.4, 0.5) is 32.3 Å². The molecule has 0 bridgehead atoms. The number of fused-ring (bicyclic) bond motifs is 1. The highest BCUT2D eigenvalue weighted by Gasteiger charge is 2.66. The second-order valence-corrected chi connectivity index (χ2v) is 8.23. The number of amides is 1. The second kappa shape index (κ2) is 6.12. The van der Waals surface area contributed by atoms with E-state index in [1.54, 1.807) is 20.8 Å². The molecular weight excluding hydrogens is 388 g/mol. The summed E-state index contributed by atoms with van der Waals surface area (Å²) in [6.45, 7) is 5.60. The summed E-state index contributed by atoms with van der Waals surface area (Å²) in [5.41, 5.74) is -4.30. The molecule has 1 fully saturated rings. The van der Waals surface area contributed by atoms with Gasteiger partial charge in [0.25, 0.3) is 5.92 Å². The van der Waals surface area contributed by atoms with E-state index in [-0.39, 0.29) is 17.0 Å². The van der Waals surface area contributed by atoms with E-state index in [9.17, 15) is 31.1 Å². The minimum atomic E-state index is -3.51. The molecule has 1 N–H and O–H groups in total. The van der Waals surface area contributed by atoms with E-state index in [1.165, 1.54) is 4.57 Å². The fraction of sp³-hybridized carbons (Fsp3) is 0.556. The summed E-state index contributed by atoms with van der Waals surface area (Å²) in [5, 5.41) is 2.33. The molecule has 28 heavy (non-hydrogen) atoms. The third-order valence-corrected chi connectivity index (χ3v) is 5.12. The zero-order valence-electron chi connectivity index (χ0n) is 15.6. The minimum Gasteiger partial charge on any atom is -0.302 e. The van der Waals surface area contributed by atoms with Crippen molar-refractivity contribution in [2.75, 3.05) is 5.32 Å². The Bertz CT molecular complexity index is 961. The van der Waals surface area contributed by atoms with E-state index in [0.717, 1.165) is 6.92 Å². The van der Waals surface area contributed by atoms with Crippen molar-refractivity contribution in [3.05, 3.63) is 23.5 Å². The Labute approximate surface area is 156 Å². The van der Waals surface area contributed by atoms with E-state index < -0.39 is 59.2 Å². The van der Waals surface area contributed by atoms with E-state index in [4.69, 9.17) is 0 Å². The van der Waals surface area contributed by atoms with Gasteiger partial charge in [-0.05, 0) is 27.7 Å². The van der Waals surface area contributed by atoms with Gasteiger partial charge in [-0.3, -0.25) is 10.1 Å². The van der Waals surface area contributed by atoms with Crippen LogP contribution in [0.5, 0.6) is 0 Å².